The first kappa shape index (κ1) is 22.0. The molecule has 0 bridgehead atoms. The molecule has 3 rings (SSSR count). The number of phenols is 2. The van der Waals surface area contributed by atoms with Gasteiger partial charge in [0.05, 0.1) is 0 Å². The quantitative estimate of drug-likeness (QED) is 0.239. The monoisotopic (exact) mass is 492 g/mol. The van der Waals surface area contributed by atoms with Gasteiger partial charge in [-0.2, -0.15) is 8.42 Å². The summed E-state index contributed by atoms with van der Waals surface area (Å²) in [5.74, 6) is -1.14. The molecule has 5 nitrogen and oxygen atoms in total. The predicted octanol–water partition coefficient (Wildman–Crippen LogP) is 5.89. The van der Waals surface area contributed by atoms with Gasteiger partial charge >= 0.3 is 0 Å². The van der Waals surface area contributed by atoms with Gasteiger partial charge in [0, 0.05) is 31.2 Å². The van der Waals surface area contributed by atoms with Gasteiger partial charge in [0.15, 0.2) is 16.2 Å². The van der Waals surface area contributed by atoms with E-state index in [4.69, 9.17) is 46.4 Å². The van der Waals surface area contributed by atoms with Crippen molar-refractivity contribution in [2.24, 2.45) is 0 Å². The Morgan fingerprint density at radius 1 is 0.690 bits per heavy atom. The maximum atomic E-state index is 13.0. The molecule has 0 saturated carbocycles. The number of aromatic hydroxyl groups is 2. The minimum Gasteiger partial charge on any atom is -0.504 e. The topological polar surface area (TPSA) is 94.8 Å². The lowest BCUT2D eigenvalue weighted by atomic mass is 9.83. The summed E-state index contributed by atoms with van der Waals surface area (Å²) in [6, 6.07) is 11.7. The van der Waals surface area contributed by atoms with Crippen molar-refractivity contribution in [2.75, 3.05) is 0 Å². The molecule has 0 saturated heterocycles. The van der Waals surface area contributed by atoms with Gasteiger partial charge in [0.1, 0.15) is 0 Å². The minimum absolute atomic E-state index is 0.0984. The Kier molecular flexibility index (Phi) is 5.98. The maximum absolute atomic E-state index is 13.0. The van der Waals surface area contributed by atoms with Crippen LogP contribution in [-0.4, -0.2) is 23.2 Å². The summed E-state index contributed by atoms with van der Waals surface area (Å²) in [6.45, 7) is 0. The summed E-state index contributed by atoms with van der Waals surface area (Å²) in [7, 11) is -5.14. The van der Waals surface area contributed by atoms with Crippen LogP contribution in [0.5, 0.6) is 11.5 Å². The van der Waals surface area contributed by atoms with Gasteiger partial charge in [-0.25, -0.2) is 0 Å². The lowest BCUT2D eigenvalue weighted by Crippen LogP contribution is -2.39. The predicted molar refractivity (Wildman–Crippen MR) is 114 cm³/mol. The van der Waals surface area contributed by atoms with E-state index in [1.54, 1.807) is 0 Å². The normalized spacial score (nSPS) is 12.2. The van der Waals surface area contributed by atoms with Crippen molar-refractivity contribution >= 4 is 56.5 Å². The van der Waals surface area contributed by atoms with E-state index in [1.807, 2.05) is 0 Å². The summed E-state index contributed by atoms with van der Waals surface area (Å²) in [4.78, 5) is 0. The van der Waals surface area contributed by atoms with Crippen molar-refractivity contribution in [2.45, 2.75) is 4.75 Å². The average molecular weight is 494 g/mol. The fourth-order valence-corrected chi connectivity index (χ4v) is 6.20. The third-order valence-corrected chi connectivity index (χ3v) is 7.08. The smallest absolute Gasteiger partial charge is 0.283 e. The van der Waals surface area contributed by atoms with Gasteiger partial charge in [-0.3, -0.25) is 4.55 Å². The summed E-state index contributed by atoms with van der Waals surface area (Å²) in [6.07, 6.45) is 0. The van der Waals surface area contributed by atoms with Crippen molar-refractivity contribution in [3.63, 3.8) is 0 Å². The number of hydrogen-bond donors (Lipinski definition) is 3. The molecule has 0 aliphatic carbocycles. The van der Waals surface area contributed by atoms with Crippen molar-refractivity contribution in [3.8, 4) is 11.5 Å². The van der Waals surface area contributed by atoms with Gasteiger partial charge in [0.2, 0.25) is 0 Å². The zero-order valence-corrected chi connectivity index (χ0v) is 18.1. The highest BCUT2D eigenvalue weighted by molar-refractivity contribution is 7.87. The van der Waals surface area contributed by atoms with Crippen LogP contribution in [0.3, 0.4) is 0 Å². The molecule has 0 fully saturated rings. The average Bonchev–Trinajstić information content (AvgIpc) is 2.61. The zero-order valence-electron chi connectivity index (χ0n) is 14.3. The number of benzene rings is 3. The minimum atomic E-state index is -5.14. The van der Waals surface area contributed by atoms with Gasteiger partial charge in [-0.15, -0.1) is 0 Å². The van der Waals surface area contributed by atoms with Crippen molar-refractivity contribution in [1.29, 1.82) is 0 Å². The first-order valence-corrected chi connectivity index (χ1v) is 10.9. The summed E-state index contributed by atoms with van der Waals surface area (Å²) in [5.41, 5.74) is -0.628. The lowest BCUT2D eigenvalue weighted by Gasteiger charge is -2.35. The molecule has 29 heavy (non-hydrogen) atoms. The molecule has 152 valence electrons. The molecular formula is C19H12Cl4O5S. The van der Waals surface area contributed by atoms with Gasteiger partial charge in [-0.1, -0.05) is 64.6 Å². The molecule has 3 N–H and O–H groups in total. The van der Waals surface area contributed by atoms with Crippen LogP contribution in [0, 0.1) is 0 Å². The highest BCUT2D eigenvalue weighted by Gasteiger charge is 2.53. The second-order valence-corrected chi connectivity index (χ2v) is 9.24. The molecule has 0 atom stereocenters. The first-order chi connectivity index (χ1) is 13.5. The van der Waals surface area contributed by atoms with E-state index in [9.17, 15) is 23.2 Å². The lowest BCUT2D eigenvalue weighted by molar-refractivity contribution is 0.402. The third kappa shape index (κ3) is 3.54. The molecule has 0 aromatic heterocycles. The maximum Gasteiger partial charge on any atom is 0.283 e. The molecule has 0 heterocycles. The van der Waals surface area contributed by atoms with Crippen LogP contribution < -0.4 is 0 Å². The zero-order chi connectivity index (χ0) is 21.6. The van der Waals surface area contributed by atoms with E-state index in [2.05, 4.69) is 0 Å². The van der Waals surface area contributed by atoms with E-state index in [0.29, 0.717) is 0 Å². The van der Waals surface area contributed by atoms with Crippen LogP contribution in [0.4, 0.5) is 0 Å². The Labute approximate surface area is 186 Å². The van der Waals surface area contributed by atoms with Crippen molar-refractivity contribution in [3.05, 3.63) is 91.4 Å². The third-order valence-electron chi connectivity index (χ3n) is 4.40. The van der Waals surface area contributed by atoms with Crippen LogP contribution in [0.2, 0.25) is 20.1 Å². The van der Waals surface area contributed by atoms with Crippen LogP contribution in [-0.2, 0) is 14.9 Å². The van der Waals surface area contributed by atoms with Crippen LogP contribution in [0.25, 0.3) is 0 Å². The van der Waals surface area contributed by atoms with Crippen LogP contribution in [0.15, 0.2) is 54.6 Å². The molecule has 0 spiro atoms. The number of rotatable bonds is 4. The van der Waals surface area contributed by atoms with E-state index in [1.165, 1.54) is 42.5 Å². The molecule has 3 aromatic rings. The standard InChI is InChI=1S/C19H12Cl4O5S/c20-11-3-1-4-12(21)17(11)19(29(26,27)28,10-7-8-15(24)16(25)9-10)18-13(22)5-2-6-14(18)23/h1-9,24-25H,(H,26,27,28). The molecule has 3 aromatic carbocycles. The Bertz CT molecular complexity index is 1120. The Morgan fingerprint density at radius 3 is 1.45 bits per heavy atom. The number of hydrogen-bond acceptors (Lipinski definition) is 4. The van der Waals surface area contributed by atoms with E-state index >= 15 is 0 Å². The fraction of sp³-hybridized carbons (Fsp3) is 0.0526. The second-order valence-electron chi connectivity index (χ2n) is 6.05. The van der Waals surface area contributed by atoms with Gasteiger partial charge in [0.25, 0.3) is 10.1 Å². The van der Waals surface area contributed by atoms with Crippen molar-refractivity contribution < 1.29 is 23.2 Å². The number of halogens is 4. The highest BCUT2D eigenvalue weighted by atomic mass is 35.5. The SMILES string of the molecule is O=S(=O)(O)C(c1ccc(O)c(O)c1)(c1c(Cl)cccc1Cl)c1c(Cl)cccc1Cl. The molecule has 0 aliphatic heterocycles. The summed E-state index contributed by atoms with van der Waals surface area (Å²) < 4.78 is 34.1. The summed E-state index contributed by atoms with van der Waals surface area (Å²) >= 11 is 25.3. The van der Waals surface area contributed by atoms with E-state index in [-0.39, 0.29) is 36.8 Å². The van der Waals surface area contributed by atoms with E-state index < -0.39 is 26.4 Å². The van der Waals surface area contributed by atoms with Gasteiger partial charge < -0.3 is 10.2 Å². The first-order valence-electron chi connectivity index (χ1n) is 7.90. The Morgan fingerprint density at radius 2 is 1.10 bits per heavy atom. The highest BCUT2D eigenvalue weighted by Crippen LogP contribution is 2.53. The van der Waals surface area contributed by atoms with Gasteiger partial charge in [-0.05, 0) is 42.0 Å². The van der Waals surface area contributed by atoms with Crippen LogP contribution >= 0.6 is 46.4 Å². The van der Waals surface area contributed by atoms with E-state index in [0.717, 1.165) is 12.1 Å². The van der Waals surface area contributed by atoms with Crippen molar-refractivity contribution in [1.82, 2.24) is 0 Å². The molecule has 0 aliphatic rings. The molecule has 0 unspecified atom stereocenters. The molecular weight excluding hydrogens is 482 g/mol. The fourth-order valence-electron chi connectivity index (χ4n) is 3.23. The molecule has 0 radical (unpaired) electrons. The Balaban J connectivity index is 2.68. The largest absolute Gasteiger partial charge is 0.504 e. The Hall–Kier alpha value is -1.67. The second kappa shape index (κ2) is 7.87. The van der Waals surface area contributed by atoms with Crippen LogP contribution in [0.1, 0.15) is 16.7 Å². The molecule has 0 amide bonds. The number of phenolic OH excluding ortho intramolecular Hbond substituents is 2. The summed E-state index contributed by atoms with van der Waals surface area (Å²) in [5, 5.41) is 19.4. The molecule has 10 heteroatoms.